The molecule has 3 rings (SSSR count). The van der Waals surface area contributed by atoms with Crippen molar-refractivity contribution in [3.63, 3.8) is 0 Å². The first-order valence-electron chi connectivity index (χ1n) is 7.21. The highest BCUT2D eigenvalue weighted by molar-refractivity contribution is 6.09. The van der Waals surface area contributed by atoms with Crippen molar-refractivity contribution >= 4 is 22.6 Å². The lowest BCUT2D eigenvalue weighted by Crippen LogP contribution is -2.25. The molecule has 116 valence electrons. The minimum Gasteiger partial charge on any atom is -0.478 e. The fourth-order valence-electron chi connectivity index (χ4n) is 2.90. The van der Waals surface area contributed by atoms with Crippen molar-refractivity contribution in [1.29, 1.82) is 0 Å². The van der Waals surface area contributed by atoms with E-state index in [0.717, 1.165) is 5.56 Å². The largest absolute Gasteiger partial charge is 0.478 e. The van der Waals surface area contributed by atoms with Gasteiger partial charge in [0.05, 0.1) is 5.69 Å². The lowest BCUT2D eigenvalue weighted by Gasteiger charge is -2.18. The van der Waals surface area contributed by atoms with E-state index in [2.05, 4.69) is 5.32 Å². The van der Waals surface area contributed by atoms with E-state index in [1.165, 1.54) is 4.57 Å². The molecule has 0 bridgehead atoms. The molecule has 2 N–H and O–H groups in total. The van der Waals surface area contributed by atoms with Gasteiger partial charge in [0.2, 0.25) is 0 Å². The number of benzene rings is 2. The molecule has 1 heterocycles. The Balaban J connectivity index is 2.59. The highest BCUT2D eigenvalue weighted by Gasteiger charge is 2.22. The zero-order valence-corrected chi connectivity index (χ0v) is 12.8. The summed E-state index contributed by atoms with van der Waals surface area (Å²) in [5.74, 6) is -0.797. The van der Waals surface area contributed by atoms with E-state index in [1.807, 2.05) is 18.2 Å². The third-order valence-corrected chi connectivity index (χ3v) is 3.88. The quantitative estimate of drug-likeness (QED) is 0.780. The van der Waals surface area contributed by atoms with Crippen LogP contribution < -0.4 is 10.9 Å². The Morgan fingerprint density at radius 1 is 1.09 bits per heavy atom. The van der Waals surface area contributed by atoms with Crippen LogP contribution in [0.25, 0.3) is 16.5 Å². The molecule has 5 nitrogen and oxygen atoms in total. The molecule has 3 aromatic rings. The SMILES string of the molecule is CNc1c(C(=O)O)c2c(C)cccc2c(=O)n1-c1ccccc1. The van der Waals surface area contributed by atoms with Crippen molar-refractivity contribution in [3.05, 3.63) is 70.0 Å². The molecule has 0 amide bonds. The van der Waals surface area contributed by atoms with Gasteiger partial charge in [0.15, 0.2) is 0 Å². The van der Waals surface area contributed by atoms with E-state index in [0.29, 0.717) is 16.5 Å². The van der Waals surface area contributed by atoms with Crippen LogP contribution in [0.5, 0.6) is 0 Å². The number of carboxylic acid groups (broad SMARTS) is 1. The number of aromatic nitrogens is 1. The molecule has 2 aromatic carbocycles. The topological polar surface area (TPSA) is 71.3 Å². The number of rotatable bonds is 3. The fraction of sp³-hybridized carbons (Fsp3) is 0.111. The molecule has 0 radical (unpaired) electrons. The van der Waals surface area contributed by atoms with Crippen LogP contribution in [-0.2, 0) is 0 Å². The zero-order chi connectivity index (χ0) is 16.6. The number of carboxylic acids is 1. The van der Waals surface area contributed by atoms with E-state index in [4.69, 9.17) is 0 Å². The van der Waals surface area contributed by atoms with Gasteiger partial charge in [-0.2, -0.15) is 0 Å². The molecular weight excluding hydrogens is 292 g/mol. The van der Waals surface area contributed by atoms with Gasteiger partial charge in [0.25, 0.3) is 5.56 Å². The number of para-hydroxylation sites is 1. The molecule has 0 aliphatic carbocycles. The number of aromatic carboxylic acids is 1. The maximum absolute atomic E-state index is 13.0. The highest BCUT2D eigenvalue weighted by atomic mass is 16.4. The van der Waals surface area contributed by atoms with Crippen LogP contribution >= 0.6 is 0 Å². The van der Waals surface area contributed by atoms with E-state index < -0.39 is 5.97 Å². The van der Waals surface area contributed by atoms with Crippen molar-refractivity contribution < 1.29 is 9.90 Å². The van der Waals surface area contributed by atoms with Crippen LogP contribution in [0, 0.1) is 6.92 Å². The standard InChI is InChI=1S/C18H16N2O3/c1-11-7-6-10-13-14(11)15(18(22)23)16(19-2)20(17(13)21)12-8-4-3-5-9-12/h3-10,19H,1-2H3,(H,22,23). The first-order chi connectivity index (χ1) is 11.1. The zero-order valence-electron chi connectivity index (χ0n) is 12.8. The number of fused-ring (bicyclic) bond motifs is 1. The molecule has 0 atom stereocenters. The maximum Gasteiger partial charge on any atom is 0.340 e. The van der Waals surface area contributed by atoms with Gasteiger partial charge in [-0.1, -0.05) is 30.3 Å². The molecule has 0 spiro atoms. The Morgan fingerprint density at radius 3 is 2.39 bits per heavy atom. The molecule has 0 fully saturated rings. The minimum atomic E-state index is -1.07. The van der Waals surface area contributed by atoms with Gasteiger partial charge in [-0.3, -0.25) is 9.36 Å². The average Bonchev–Trinajstić information content (AvgIpc) is 2.55. The van der Waals surface area contributed by atoms with Gasteiger partial charge in [-0.05, 0) is 30.7 Å². The summed E-state index contributed by atoms with van der Waals surface area (Å²) >= 11 is 0. The van der Waals surface area contributed by atoms with E-state index in [-0.39, 0.29) is 16.9 Å². The van der Waals surface area contributed by atoms with Gasteiger partial charge in [0.1, 0.15) is 11.4 Å². The molecule has 0 aliphatic rings. The molecule has 0 aliphatic heterocycles. The van der Waals surface area contributed by atoms with Crippen LogP contribution in [0.2, 0.25) is 0 Å². The Bertz CT molecular complexity index is 959. The second-order valence-corrected chi connectivity index (χ2v) is 5.25. The lowest BCUT2D eigenvalue weighted by molar-refractivity contribution is 0.0699. The maximum atomic E-state index is 13.0. The Labute approximate surface area is 132 Å². The molecular formula is C18H16N2O3. The summed E-state index contributed by atoms with van der Waals surface area (Å²) in [6.07, 6.45) is 0. The number of anilines is 1. The number of nitrogens with one attached hydrogen (secondary N) is 1. The van der Waals surface area contributed by atoms with Crippen LogP contribution in [0.1, 0.15) is 15.9 Å². The molecule has 23 heavy (non-hydrogen) atoms. The van der Waals surface area contributed by atoms with Gasteiger partial charge in [0, 0.05) is 17.8 Å². The number of hydrogen-bond acceptors (Lipinski definition) is 3. The summed E-state index contributed by atoms with van der Waals surface area (Å²) in [5.41, 5.74) is 1.23. The van der Waals surface area contributed by atoms with Crippen molar-refractivity contribution in [2.24, 2.45) is 0 Å². The number of nitrogens with zero attached hydrogens (tertiary/aromatic N) is 1. The molecule has 5 heteroatoms. The van der Waals surface area contributed by atoms with E-state index in [9.17, 15) is 14.7 Å². The third-order valence-electron chi connectivity index (χ3n) is 3.88. The normalized spacial score (nSPS) is 10.7. The number of aryl methyl sites for hydroxylation is 1. The second kappa shape index (κ2) is 5.61. The van der Waals surface area contributed by atoms with Gasteiger partial charge in [-0.25, -0.2) is 4.79 Å². The Morgan fingerprint density at radius 2 is 1.78 bits per heavy atom. The Kier molecular flexibility index (Phi) is 3.62. The highest BCUT2D eigenvalue weighted by Crippen LogP contribution is 2.28. The first-order valence-corrected chi connectivity index (χ1v) is 7.21. The average molecular weight is 308 g/mol. The third kappa shape index (κ3) is 2.26. The molecule has 0 unspecified atom stereocenters. The van der Waals surface area contributed by atoms with Crippen LogP contribution in [0.4, 0.5) is 5.82 Å². The van der Waals surface area contributed by atoms with Crippen LogP contribution in [-0.4, -0.2) is 22.7 Å². The predicted molar refractivity (Wildman–Crippen MR) is 90.8 cm³/mol. The molecule has 1 aromatic heterocycles. The summed E-state index contributed by atoms with van der Waals surface area (Å²) in [5, 5.41) is 13.5. The Hall–Kier alpha value is -3.08. The van der Waals surface area contributed by atoms with E-state index >= 15 is 0 Å². The molecule has 0 saturated carbocycles. The van der Waals surface area contributed by atoms with Gasteiger partial charge < -0.3 is 10.4 Å². The second-order valence-electron chi connectivity index (χ2n) is 5.25. The smallest absolute Gasteiger partial charge is 0.340 e. The van der Waals surface area contributed by atoms with Crippen LogP contribution in [0.3, 0.4) is 0 Å². The van der Waals surface area contributed by atoms with Crippen molar-refractivity contribution in [2.75, 3.05) is 12.4 Å². The molecule has 0 saturated heterocycles. The minimum absolute atomic E-state index is 0.101. The van der Waals surface area contributed by atoms with Gasteiger partial charge >= 0.3 is 5.97 Å². The van der Waals surface area contributed by atoms with Crippen molar-refractivity contribution in [2.45, 2.75) is 6.92 Å². The summed E-state index contributed by atoms with van der Waals surface area (Å²) in [6.45, 7) is 1.81. The number of pyridine rings is 1. The summed E-state index contributed by atoms with van der Waals surface area (Å²) in [4.78, 5) is 24.9. The summed E-state index contributed by atoms with van der Waals surface area (Å²) in [7, 11) is 1.62. The van der Waals surface area contributed by atoms with Crippen molar-refractivity contribution in [3.8, 4) is 5.69 Å². The van der Waals surface area contributed by atoms with E-state index in [1.54, 1.807) is 44.3 Å². The fourth-order valence-corrected chi connectivity index (χ4v) is 2.90. The monoisotopic (exact) mass is 308 g/mol. The summed E-state index contributed by atoms with van der Waals surface area (Å²) < 4.78 is 1.41. The predicted octanol–water partition coefficient (Wildman–Crippen LogP) is 3.04. The van der Waals surface area contributed by atoms with Crippen LogP contribution in [0.15, 0.2) is 53.3 Å². The van der Waals surface area contributed by atoms with Crippen molar-refractivity contribution in [1.82, 2.24) is 4.57 Å². The first kappa shape index (κ1) is 14.8. The lowest BCUT2D eigenvalue weighted by atomic mass is 10.0. The van der Waals surface area contributed by atoms with Gasteiger partial charge in [-0.15, -0.1) is 0 Å². The number of hydrogen-bond donors (Lipinski definition) is 2. The summed E-state index contributed by atoms with van der Waals surface area (Å²) in [6, 6.07) is 14.2. The number of carbonyl (C=O) groups is 1.